The van der Waals surface area contributed by atoms with Crippen LogP contribution >= 0.6 is 0 Å². The van der Waals surface area contributed by atoms with Crippen LogP contribution in [0.3, 0.4) is 0 Å². The smallest absolute Gasteiger partial charge is 0.239 e. The number of aryl methyl sites for hydroxylation is 2. The van der Waals surface area contributed by atoms with Gasteiger partial charge in [-0.3, -0.25) is 9.78 Å². The average molecular weight is 262 g/mol. The zero-order chi connectivity index (χ0) is 14.3. The second-order valence-electron chi connectivity index (χ2n) is 4.08. The number of hydrogen-bond acceptors (Lipinski definition) is 5. The van der Waals surface area contributed by atoms with Gasteiger partial charge in [-0.05, 0) is 19.9 Å². The maximum Gasteiger partial charge on any atom is 0.239 e. The number of carbonyl (C=O) groups is 1. The largest absolute Gasteiger partial charge is 0.383 e. The lowest BCUT2D eigenvalue weighted by Gasteiger charge is -2.11. The molecule has 0 aliphatic carbocycles. The lowest BCUT2D eigenvalue weighted by molar-refractivity contribution is -0.119. The number of pyridine rings is 1. The molecule has 1 aromatic rings. The molecule has 2 N–H and O–H groups in total. The van der Waals surface area contributed by atoms with E-state index in [4.69, 9.17) is 10.00 Å². The van der Waals surface area contributed by atoms with Crippen molar-refractivity contribution in [2.75, 3.05) is 32.1 Å². The van der Waals surface area contributed by atoms with Crippen molar-refractivity contribution >= 4 is 11.6 Å². The number of nitrogens with zero attached hydrogens (tertiary/aromatic N) is 2. The third-order valence-corrected chi connectivity index (χ3v) is 2.51. The van der Waals surface area contributed by atoms with Gasteiger partial charge in [0.15, 0.2) is 0 Å². The van der Waals surface area contributed by atoms with Crippen molar-refractivity contribution in [1.29, 1.82) is 5.26 Å². The standard InChI is InChI=1S/C13H18N4O2/c1-9-6-12(11(7-14)10(2)17-9)16-8-13(18)15-4-5-19-3/h6H,4-5,8H2,1-3H3,(H,15,18)(H,16,17). The second-order valence-corrected chi connectivity index (χ2v) is 4.08. The highest BCUT2D eigenvalue weighted by molar-refractivity contribution is 5.81. The summed E-state index contributed by atoms with van der Waals surface area (Å²) in [5, 5.41) is 14.7. The van der Waals surface area contributed by atoms with Gasteiger partial charge in [0.1, 0.15) is 6.07 Å². The summed E-state index contributed by atoms with van der Waals surface area (Å²) in [6, 6.07) is 3.85. The molecule has 0 aromatic carbocycles. The van der Waals surface area contributed by atoms with Gasteiger partial charge in [0.25, 0.3) is 0 Å². The molecule has 19 heavy (non-hydrogen) atoms. The predicted molar refractivity (Wildman–Crippen MR) is 71.8 cm³/mol. The van der Waals surface area contributed by atoms with Crippen molar-refractivity contribution in [3.05, 3.63) is 23.0 Å². The Balaban J connectivity index is 2.63. The summed E-state index contributed by atoms with van der Waals surface area (Å²) >= 11 is 0. The third-order valence-electron chi connectivity index (χ3n) is 2.51. The monoisotopic (exact) mass is 262 g/mol. The number of nitrogens with one attached hydrogen (secondary N) is 2. The van der Waals surface area contributed by atoms with E-state index in [1.165, 1.54) is 0 Å². The van der Waals surface area contributed by atoms with Gasteiger partial charge >= 0.3 is 0 Å². The molecule has 0 fully saturated rings. The van der Waals surface area contributed by atoms with Gasteiger partial charge in [0, 0.05) is 19.3 Å². The van der Waals surface area contributed by atoms with E-state index in [0.29, 0.717) is 30.1 Å². The molecule has 6 nitrogen and oxygen atoms in total. The molecule has 0 radical (unpaired) electrons. The molecule has 0 spiro atoms. The van der Waals surface area contributed by atoms with Gasteiger partial charge in [-0.25, -0.2) is 0 Å². The second kappa shape index (κ2) is 7.34. The number of ether oxygens (including phenoxy) is 1. The first-order valence-corrected chi connectivity index (χ1v) is 5.96. The molecule has 0 aliphatic heterocycles. The lowest BCUT2D eigenvalue weighted by Crippen LogP contribution is -2.32. The van der Waals surface area contributed by atoms with Crippen molar-refractivity contribution in [1.82, 2.24) is 10.3 Å². The maximum atomic E-state index is 11.5. The molecule has 0 saturated carbocycles. The van der Waals surface area contributed by atoms with Gasteiger partial charge in [0.05, 0.1) is 30.1 Å². The quantitative estimate of drug-likeness (QED) is 0.738. The molecule has 0 aliphatic rings. The minimum Gasteiger partial charge on any atom is -0.383 e. The summed E-state index contributed by atoms with van der Waals surface area (Å²) in [6.07, 6.45) is 0. The molecule has 0 saturated heterocycles. The third kappa shape index (κ3) is 4.56. The molecular weight excluding hydrogens is 244 g/mol. The fourth-order valence-electron chi connectivity index (χ4n) is 1.64. The highest BCUT2D eigenvalue weighted by Crippen LogP contribution is 2.18. The predicted octanol–water partition coefficient (Wildman–Crippen LogP) is 0.745. The van der Waals surface area contributed by atoms with Crippen molar-refractivity contribution in [2.24, 2.45) is 0 Å². The van der Waals surface area contributed by atoms with Gasteiger partial charge in [-0.1, -0.05) is 0 Å². The zero-order valence-corrected chi connectivity index (χ0v) is 11.4. The number of rotatable bonds is 6. The van der Waals surface area contributed by atoms with E-state index in [2.05, 4.69) is 21.7 Å². The van der Waals surface area contributed by atoms with Crippen LogP contribution in [-0.2, 0) is 9.53 Å². The molecule has 1 aromatic heterocycles. The lowest BCUT2D eigenvalue weighted by atomic mass is 10.1. The first-order chi connectivity index (χ1) is 9.08. The Bertz CT molecular complexity index is 494. The van der Waals surface area contributed by atoms with E-state index in [0.717, 1.165) is 5.69 Å². The Hall–Kier alpha value is -2.13. The molecule has 0 atom stereocenters. The first-order valence-electron chi connectivity index (χ1n) is 5.96. The van der Waals surface area contributed by atoms with Crippen LogP contribution < -0.4 is 10.6 Å². The van der Waals surface area contributed by atoms with Crippen molar-refractivity contribution < 1.29 is 9.53 Å². The minimum absolute atomic E-state index is 0.112. The Morgan fingerprint density at radius 2 is 2.26 bits per heavy atom. The highest BCUT2D eigenvalue weighted by atomic mass is 16.5. The van der Waals surface area contributed by atoms with Crippen LogP contribution in [0.4, 0.5) is 5.69 Å². The number of methoxy groups -OCH3 is 1. The summed E-state index contributed by atoms with van der Waals surface area (Å²) in [6.45, 7) is 4.67. The molecule has 1 rings (SSSR count). The fraction of sp³-hybridized carbons (Fsp3) is 0.462. The topological polar surface area (TPSA) is 87.0 Å². The highest BCUT2D eigenvalue weighted by Gasteiger charge is 2.09. The van der Waals surface area contributed by atoms with Gasteiger partial charge in [-0.15, -0.1) is 0 Å². The van der Waals surface area contributed by atoms with E-state index in [9.17, 15) is 4.79 Å². The summed E-state index contributed by atoms with van der Waals surface area (Å²) < 4.78 is 4.84. The number of amides is 1. The number of hydrogen-bond donors (Lipinski definition) is 2. The Morgan fingerprint density at radius 3 is 2.89 bits per heavy atom. The van der Waals surface area contributed by atoms with Gasteiger partial charge < -0.3 is 15.4 Å². The Labute approximate surface area is 112 Å². The Kier molecular flexibility index (Phi) is 5.76. The van der Waals surface area contributed by atoms with Crippen molar-refractivity contribution in [3.63, 3.8) is 0 Å². The summed E-state index contributed by atoms with van der Waals surface area (Å²) in [7, 11) is 1.58. The summed E-state index contributed by atoms with van der Waals surface area (Å²) in [5.41, 5.74) is 2.56. The normalized spacial score (nSPS) is 9.79. The van der Waals surface area contributed by atoms with Crippen molar-refractivity contribution in [2.45, 2.75) is 13.8 Å². The molecular formula is C13H18N4O2. The molecule has 6 heteroatoms. The zero-order valence-electron chi connectivity index (χ0n) is 11.4. The van der Waals surface area contributed by atoms with E-state index in [1.807, 2.05) is 6.92 Å². The van der Waals surface area contributed by atoms with E-state index < -0.39 is 0 Å². The average Bonchev–Trinajstić information content (AvgIpc) is 2.36. The van der Waals surface area contributed by atoms with E-state index >= 15 is 0 Å². The Morgan fingerprint density at radius 1 is 1.53 bits per heavy atom. The SMILES string of the molecule is COCCNC(=O)CNc1cc(C)nc(C)c1C#N. The molecule has 0 bridgehead atoms. The van der Waals surface area contributed by atoms with Crippen LogP contribution in [0.2, 0.25) is 0 Å². The molecule has 1 amide bonds. The fourth-order valence-corrected chi connectivity index (χ4v) is 1.64. The van der Waals surface area contributed by atoms with E-state index in [-0.39, 0.29) is 12.5 Å². The molecule has 102 valence electrons. The first kappa shape index (κ1) is 14.9. The number of nitriles is 1. The summed E-state index contributed by atoms with van der Waals surface area (Å²) in [5.74, 6) is -0.145. The van der Waals surface area contributed by atoms with Crippen LogP contribution in [0.25, 0.3) is 0 Å². The number of anilines is 1. The van der Waals surface area contributed by atoms with Crippen LogP contribution in [0.1, 0.15) is 17.0 Å². The van der Waals surface area contributed by atoms with Crippen LogP contribution in [-0.4, -0.2) is 37.7 Å². The van der Waals surface area contributed by atoms with Crippen molar-refractivity contribution in [3.8, 4) is 6.07 Å². The minimum atomic E-state index is -0.145. The van der Waals surface area contributed by atoms with Crippen LogP contribution in [0.15, 0.2) is 6.07 Å². The van der Waals surface area contributed by atoms with Crippen LogP contribution in [0, 0.1) is 25.2 Å². The van der Waals surface area contributed by atoms with Gasteiger partial charge in [-0.2, -0.15) is 5.26 Å². The molecule has 0 unspecified atom stereocenters. The summed E-state index contributed by atoms with van der Waals surface area (Å²) in [4.78, 5) is 15.7. The molecule has 1 heterocycles. The maximum absolute atomic E-state index is 11.5. The number of aromatic nitrogens is 1. The van der Waals surface area contributed by atoms with E-state index in [1.54, 1.807) is 20.1 Å². The number of carbonyl (C=O) groups excluding carboxylic acids is 1. The van der Waals surface area contributed by atoms with Crippen LogP contribution in [0.5, 0.6) is 0 Å². The van der Waals surface area contributed by atoms with Gasteiger partial charge in [0.2, 0.25) is 5.91 Å².